The largest absolute Gasteiger partial charge is 0.497 e. The van der Waals surface area contributed by atoms with Crippen molar-refractivity contribution < 1.29 is 9.53 Å². The summed E-state index contributed by atoms with van der Waals surface area (Å²) in [6, 6.07) is 15.3. The number of Topliss-reactive ketones (excluding diaryl/α,β-unsaturated/α-hetero) is 1. The Labute approximate surface area is 160 Å². The molecule has 0 radical (unpaired) electrons. The Bertz CT molecular complexity index is 1100. The predicted octanol–water partition coefficient (Wildman–Crippen LogP) is 5.31. The van der Waals surface area contributed by atoms with E-state index in [1.165, 1.54) is 0 Å². The van der Waals surface area contributed by atoms with Gasteiger partial charge in [0, 0.05) is 22.2 Å². The van der Waals surface area contributed by atoms with Crippen molar-refractivity contribution in [1.82, 2.24) is 9.97 Å². The average molecular weight is 375 g/mol. The minimum absolute atomic E-state index is 0.0469. The number of nitrogens with zero attached hydrogens (tertiary/aromatic N) is 2. The second-order valence-corrected chi connectivity index (χ2v) is 6.90. The highest BCUT2D eigenvalue weighted by Gasteiger charge is 2.13. The first-order valence-electron chi connectivity index (χ1n) is 8.40. The van der Waals surface area contributed by atoms with Crippen LogP contribution in [0.3, 0.4) is 0 Å². The topological polar surface area (TPSA) is 64.1 Å². The number of benzene rings is 2. The number of thiophene rings is 1. The van der Waals surface area contributed by atoms with E-state index in [0.29, 0.717) is 5.56 Å². The van der Waals surface area contributed by atoms with E-state index in [9.17, 15) is 4.79 Å². The van der Waals surface area contributed by atoms with Gasteiger partial charge in [0.25, 0.3) is 0 Å². The van der Waals surface area contributed by atoms with Crippen LogP contribution < -0.4 is 10.1 Å². The summed E-state index contributed by atoms with van der Waals surface area (Å²) >= 11 is 1.58. The van der Waals surface area contributed by atoms with E-state index >= 15 is 0 Å². The first-order valence-corrected chi connectivity index (χ1v) is 9.28. The molecule has 0 fully saturated rings. The van der Waals surface area contributed by atoms with E-state index < -0.39 is 0 Å². The van der Waals surface area contributed by atoms with Gasteiger partial charge < -0.3 is 10.1 Å². The predicted molar refractivity (Wildman–Crippen MR) is 109 cm³/mol. The lowest BCUT2D eigenvalue weighted by Crippen LogP contribution is -1.97. The zero-order chi connectivity index (χ0) is 18.8. The fraction of sp³-hybridized carbons (Fsp3) is 0.0952. The van der Waals surface area contributed by atoms with Crippen molar-refractivity contribution in [2.75, 3.05) is 12.4 Å². The zero-order valence-corrected chi connectivity index (χ0v) is 15.7. The lowest BCUT2D eigenvalue weighted by Gasteiger charge is -2.09. The molecule has 0 aliphatic rings. The molecule has 0 saturated heterocycles. The summed E-state index contributed by atoms with van der Waals surface area (Å²) in [6.07, 6.45) is 1.56. The Morgan fingerprint density at radius 1 is 1.04 bits per heavy atom. The number of hydrogen-bond acceptors (Lipinski definition) is 6. The molecule has 2 heterocycles. The molecule has 6 heteroatoms. The van der Waals surface area contributed by atoms with E-state index in [-0.39, 0.29) is 5.78 Å². The molecule has 27 heavy (non-hydrogen) atoms. The molecule has 0 amide bonds. The second-order valence-electron chi connectivity index (χ2n) is 6.04. The van der Waals surface area contributed by atoms with E-state index in [2.05, 4.69) is 20.7 Å². The van der Waals surface area contributed by atoms with Crippen LogP contribution in [0.4, 0.5) is 11.5 Å². The van der Waals surface area contributed by atoms with Gasteiger partial charge in [-0.1, -0.05) is 12.1 Å². The second kappa shape index (κ2) is 7.17. The molecule has 5 nitrogen and oxygen atoms in total. The Morgan fingerprint density at radius 3 is 2.44 bits per heavy atom. The van der Waals surface area contributed by atoms with Crippen LogP contribution in [-0.4, -0.2) is 22.9 Å². The quantitative estimate of drug-likeness (QED) is 0.479. The summed E-state index contributed by atoms with van der Waals surface area (Å²) < 4.78 is 5.24. The lowest BCUT2D eigenvalue weighted by atomic mass is 10.1. The molecule has 4 rings (SSSR count). The van der Waals surface area contributed by atoms with Crippen molar-refractivity contribution in [1.29, 1.82) is 0 Å². The van der Waals surface area contributed by atoms with Crippen molar-refractivity contribution in [3.8, 4) is 16.9 Å². The number of ketones is 1. The van der Waals surface area contributed by atoms with Crippen LogP contribution in [-0.2, 0) is 0 Å². The van der Waals surface area contributed by atoms with Crippen molar-refractivity contribution in [2.45, 2.75) is 6.92 Å². The Morgan fingerprint density at radius 2 is 1.78 bits per heavy atom. The van der Waals surface area contributed by atoms with Crippen molar-refractivity contribution >= 4 is 38.8 Å². The normalized spacial score (nSPS) is 10.7. The molecule has 4 aromatic rings. The van der Waals surface area contributed by atoms with Crippen LogP contribution in [0.1, 0.15) is 17.3 Å². The summed E-state index contributed by atoms with van der Waals surface area (Å²) in [5.41, 5.74) is 3.70. The van der Waals surface area contributed by atoms with Crippen LogP contribution in [0.25, 0.3) is 21.3 Å². The molecule has 0 spiro atoms. The maximum absolute atomic E-state index is 11.5. The first-order chi connectivity index (χ1) is 13.2. The minimum Gasteiger partial charge on any atom is -0.497 e. The van der Waals surface area contributed by atoms with Crippen molar-refractivity contribution in [3.05, 3.63) is 65.8 Å². The standard InChI is InChI=1S/C21H17N3O2S/c1-13(25)14-3-7-16(8-4-14)24-20-19-18(11-27-21(19)23-12-22-20)15-5-9-17(26-2)10-6-15/h3-12H,1-2H3,(H,22,23,24). The van der Waals surface area contributed by atoms with Gasteiger partial charge in [-0.25, -0.2) is 9.97 Å². The van der Waals surface area contributed by atoms with Crippen LogP contribution in [0.15, 0.2) is 60.2 Å². The Kier molecular flexibility index (Phi) is 4.56. The van der Waals surface area contributed by atoms with Crippen molar-refractivity contribution in [3.63, 3.8) is 0 Å². The Hall–Kier alpha value is -3.25. The van der Waals surface area contributed by atoms with Crippen LogP contribution >= 0.6 is 11.3 Å². The van der Waals surface area contributed by atoms with Gasteiger partial charge in [-0.3, -0.25) is 4.79 Å². The van der Waals surface area contributed by atoms with Crippen molar-refractivity contribution in [2.24, 2.45) is 0 Å². The minimum atomic E-state index is 0.0469. The number of ether oxygens (including phenoxy) is 1. The third-order valence-electron chi connectivity index (χ3n) is 4.33. The number of hydrogen-bond donors (Lipinski definition) is 1. The van der Waals surface area contributed by atoms with Gasteiger partial charge in [-0.15, -0.1) is 11.3 Å². The molecule has 2 aromatic heterocycles. The summed E-state index contributed by atoms with van der Waals surface area (Å²) in [6.45, 7) is 1.56. The highest BCUT2D eigenvalue weighted by Crippen LogP contribution is 2.37. The van der Waals surface area contributed by atoms with Gasteiger partial charge in [0.1, 0.15) is 22.7 Å². The number of carbonyl (C=O) groups is 1. The van der Waals surface area contributed by atoms with Gasteiger partial charge in [0.05, 0.1) is 12.5 Å². The van der Waals surface area contributed by atoms with Gasteiger partial charge in [0.15, 0.2) is 5.78 Å². The van der Waals surface area contributed by atoms with E-state index in [0.717, 1.165) is 38.6 Å². The maximum atomic E-state index is 11.5. The first kappa shape index (κ1) is 17.2. The SMILES string of the molecule is COc1ccc(-c2csc3ncnc(Nc4ccc(C(C)=O)cc4)c23)cc1. The third kappa shape index (κ3) is 3.39. The number of methoxy groups -OCH3 is 1. The van der Waals surface area contributed by atoms with Crippen LogP contribution in [0.5, 0.6) is 5.75 Å². The smallest absolute Gasteiger partial charge is 0.159 e. The van der Waals surface area contributed by atoms with Crippen LogP contribution in [0, 0.1) is 0 Å². The summed E-state index contributed by atoms with van der Waals surface area (Å²) in [7, 11) is 1.66. The molecule has 0 bridgehead atoms. The number of nitrogens with one attached hydrogen (secondary N) is 1. The highest BCUT2D eigenvalue weighted by molar-refractivity contribution is 7.17. The molecule has 134 valence electrons. The maximum Gasteiger partial charge on any atom is 0.159 e. The molecule has 1 N–H and O–H groups in total. The lowest BCUT2D eigenvalue weighted by molar-refractivity contribution is 0.101. The summed E-state index contributed by atoms with van der Waals surface area (Å²) in [5.74, 6) is 1.60. The fourth-order valence-corrected chi connectivity index (χ4v) is 3.79. The van der Waals surface area contributed by atoms with Gasteiger partial charge in [0.2, 0.25) is 0 Å². The molecule has 2 aromatic carbocycles. The summed E-state index contributed by atoms with van der Waals surface area (Å²) in [5, 5.41) is 6.42. The molecule has 0 unspecified atom stereocenters. The molecule has 0 atom stereocenters. The highest BCUT2D eigenvalue weighted by atomic mass is 32.1. The number of aromatic nitrogens is 2. The van der Waals surface area contributed by atoms with Gasteiger partial charge >= 0.3 is 0 Å². The van der Waals surface area contributed by atoms with E-state index in [1.807, 2.05) is 36.4 Å². The van der Waals surface area contributed by atoms with Crippen LogP contribution in [0.2, 0.25) is 0 Å². The van der Waals surface area contributed by atoms with E-state index in [4.69, 9.17) is 4.74 Å². The number of rotatable bonds is 5. The fourth-order valence-electron chi connectivity index (χ4n) is 2.88. The third-order valence-corrected chi connectivity index (χ3v) is 5.21. The van der Waals surface area contributed by atoms with E-state index in [1.54, 1.807) is 43.8 Å². The molecule has 0 aliphatic heterocycles. The molecular weight excluding hydrogens is 358 g/mol. The number of carbonyl (C=O) groups excluding carboxylic acids is 1. The average Bonchev–Trinajstić information content (AvgIpc) is 3.14. The molecular formula is C21H17N3O2S. The number of anilines is 2. The monoisotopic (exact) mass is 375 g/mol. The molecule has 0 saturated carbocycles. The van der Waals surface area contributed by atoms with Gasteiger partial charge in [-0.2, -0.15) is 0 Å². The molecule has 0 aliphatic carbocycles. The zero-order valence-electron chi connectivity index (χ0n) is 14.9. The van der Waals surface area contributed by atoms with Gasteiger partial charge in [-0.05, 0) is 48.9 Å². The Balaban J connectivity index is 1.74. The number of fused-ring (bicyclic) bond motifs is 1. The summed E-state index contributed by atoms with van der Waals surface area (Å²) in [4.78, 5) is 21.2.